The number of rotatable bonds is 4. The van der Waals surface area contributed by atoms with E-state index in [1.54, 1.807) is 0 Å². The summed E-state index contributed by atoms with van der Waals surface area (Å²) in [4.78, 5) is 11.3. The molecule has 4 rings (SSSR count). The van der Waals surface area contributed by atoms with E-state index in [9.17, 15) is 22.3 Å². The number of alkyl halides is 2. The fourth-order valence-electron chi connectivity index (χ4n) is 4.95. The van der Waals surface area contributed by atoms with E-state index in [0.717, 1.165) is 19.3 Å². The predicted molar refractivity (Wildman–Crippen MR) is 67.5 cm³/mol. The van der Waals surface area contributed by atoms with Gasteiger partial charge in [-0.05, 0) is 61.7 Å². The number of nitrogens with one attached hydrogen (secondary N) is 1. The Labute approximate surface area is 119 Å². The summed E-state index contributed by atoms with van der Waals surface area (Å²) in [6, 6.07) is 0. The smallest absolute Gasteiger partial charge is 0.385 e. The zero-order valence-corrected chi connectivity index (χ0v) is 11.9. The number of hydrogen-bond acceptors (Lipinski definition) is 3. The van der Waals surface area contributed by atoms with Gasteiger partial charge in [0.05, 0.1) is 0 Å². The van der Waals surface area contributed by atoms with Gasteiger partial charge in [0.2, 0.25) is 0 Å². The minimum atomic E-state index is -4.33. The molecule has 4 nitrogen and oxygen atoms in total. The number of hydrogen-bond donors (Lipinski definition) is 1. The van der Waals surface area contributed by atoms with E-state index in [1.807, 2.05) is 0 Å². The van der Waals surface area contributed by atoms with Gasteiger partial charge in [-0.3, -0.25) is 9.00 Å². The van der Waals surface area contributed by atoms with Crippen molar-refractivity contribution in [3.63, 3.8) is 0 Å². The van der Waals surface area contributed by atoms with Gasteiger partial charge in [-0.2, -0.15) is 8.78 Å². The maximum atomic E-state index is 13.1. The Morgan fingerprint density at radius 1 is 1.20 bits per heavy atom. The molecule has 4 fully saturated rings. The van der Waals surface area contributed by atoms with Crippen LogP contribution in [0.25, 0.3) is 0 Å². The summed E-state index contributed by atoms with van der Waals surface area (Å²) in [7, 11) is 0. The molecule has 0 heterocycles. The summed E-state index contributed by atoms with van der Waals surface area (Å²) in [5.74, 6) is 0.286. The lowest BCUT2D eigenvalue weighted by Crippen LogP contribution is -2.53. The average molecular weight is 306 g/mol. The normalized spacial score (nSPS) is 40.6. The first kappa shape index (κ1) is 14.4. The van der Waals surface area contributed by atoms with Crippen LogP contribution in [0, 0.1) is 23.2 Å². The molecule has 0 saturated heterocycles. The van der Waals surface area contributed by atoms with Crippen LogP contribution in [0.1, 0.15) is 38.5 Å². The molecule has 1 N–H and O–H groups in total. The molecule has 0 aromatic rings. The third kappa shape index (κ3) is 2.39. The van der Waals surface area contributed by atoms with Gasteiger partial charge in [-0.25, -0.2) is 0 Å². The average Bonchev–Trinajstić information content (AvgIpc) is 2.34. The second-order valence-electron chi connectivity index (χ2n) is 6.85. The van der Waals surface area contributed by atoms with Crippen LogP contribution in [0.5, 0.6) is 0 Å². The maximum absolute atomic E-state index is 13.1. The molecule has 114 valence electrons. The summed E-state index contributed by atoms with van der Waals surface area (Å²) < 4.78 is 46.9. The topological polar surface area (TPSA) is 69.2 Å². The zero-order chi connectivity index (χ0) is 14.5. The maximum Gasteiger partial charge on any atom is 0.385 e. The number of carbonyl (C=O) groups excluding carboxylic acids is 1. The largest absolute Gasteiger partial charge is 0.768 e. The second kappa shape index (κ2) is 4.73. The van der Waals surface area contributed by atoms with Gasteiger partial charge < -0.3 is 9.87 Å². The van der Waals surface area contributed by atoms with E-state index in [1.165, 1.54) is 19.3 Å². The summed E-state index contributed by atoms with van der Waals surface area (Å²) in [6.07, 6.45) is 6.62. The lowest BCUT2D eigenvalue weighted by molar-refractivity contribution is -0.137. The molecule has 0 aromatic carbocycles. The molecule has 0 aromatic heterocycles. The first-order valence-electron chi connectivity index (χ1n) is 7.06. The number of amides is 1. The van der Waals surface area contributed by atoms with Crippen molar-refractivity contribution in [3.05, 3.63) is 0 Å². The van der Waals surface area contributed by atoms with Crippen molar-refractivity contribution in [2.75, 3.05) is 6.54 Å². The number of halogens is 2. The minimum Gasteiger partial charge on any atom is -0.768 e. The van der Waals surface area contributed by atoms with Gasteiger partial charge in [0.15, 0.2) is 0 Å². The second-order valence-corrected chi connectivity index (χ2v) is 7.83. The van der Waals surface area contributed by atoms with Crippen molar-refractivity contribution in [2.45, 2.75) is 43.8 Å². The van der Waals surface area contributed by atoms with Crippen molar-refractivity contribution in [1.29, 1.82) is 0 Å². The van der Waals surface area contributed by atoms with E-state index in [0.29, 0.717) is 17.8 Å². The van der Waals surface area contributed by atoms with E-state index in [4.69, 9.17) is 0 Å². The Kier molecular flexibility index (Phi) is 3.40. The molecule has 0 radical (unpaired) electrons. The van der Waals surface area contributed by atoms with Crippen molar-refractivity contribution < 1.29 is 22.3 Å². The Bertz CT molecular complexity index is 420. The third-order valence-electron chi connectivity index (χ3n) is 5.26. The summed E-state index contributed by atoms with van der Waals surface area (Å²) in [5.41, 5.74) is -0.0785. The van der Waals surface area contributed by atoms with Crippen LogP contribution in [0.15, 0.2) is 0 Å². The molecular weight excluding hydrogens is 288 g/mol. The summed E-state index contributed by atoms with van der Waals surface area (Å²) in [6.45, 7) is 0.183. The molecule has 4 bridgehead atoms. The first-order valence-corrected chi connectivity index (χ1v) is 8.14. The number of carbonyl (C=O) groups is 1. The Hall–Kier alpha value is -0.560. The monoisotopic (exact) mass is 306 g/mol. The van der Waals surface area contributed by atoms with Crippen LogP contribution >= 0.6 is 0 Å². The quantitative estimate of drug-likeness (QED) is 0.805. The van der Waals surface area contributed by atoms with Gasteiger partial charge in [-0.1, -0.05) is 0 Å². The van der Waals surface area contributed by atoms with Crippen LogP contribution in [0.2, 0.25) is 0 Å². The zero-order valence-electron chi connectivity index (χ0n) is 11.1. The molecular formula is C13H18F2NO3S-. The highest BCUT2D eigenvalue weighted by molar-refractivity contribution is 7.81. The minimum absolute atomic E-state index is 0.0785. The van der Waals surface area contributed by atoms with E-state index in [2.05, 4.69) is 5.32 Å². The highest BCUT2D eigenvalue weighted by atomic mass is 32.2. The molecule has 1 atom stereocenters. The lowest BCUT2D eigenvalue weighted by Gasteiger charge is -2.57. The third-order valence-corrected chi connectivity index (χ3v) is 5.87. The Balaban J connectivity index is 1.64. The van der Waals surface area contributed by atoms with Crippen molar-refractivity contribution >= 4 is 17.0 Å². The van der Waals surface area contributed by atoms with Crippen molar-refractivity contribution in [2.24, 2.45) is 23.2 Å². The van der Waals surface area contributed by atoms with Crippen LogP contribution in [0.3, 0.4) is 0 Å². The summed E-state index contributed by atoms with van der Waals surface area (Å²) >= 11 is -3.71. The highest BCUT2D eigenvalue weighted by Gasteiger charge is 2.51. The van der Waals surface area contributed by atoms with Crippen LogP contribution < -0.4 is 5.32 Å². The van der Waals surface area contributed by atoms with E-state index >= 15 is 0 Å². The van der Waals surface area contributed by atoms with Crippen LogP contribution in [-0.2, 0) is 15.9 Å². The highest BCUT2D eigenvalue weighted by Crippen LogP contribution is 2.59. The fraction of sp³-hybridized carbons (Fsp3) is 0.923. The van der Waals surface area contributed by atoms with Crippen molar-refractivity contribution in [1.82, 2.24) is 5.32 Å². The Morgan fingerprint density at radius 2 is 1.65 bits per heavy atom. The standard InChI is InChI=1S/C13H19F2NO3S/c14-13(15,20(18)19)11(17)16-7-12-4-8-1-9(5-12)3-10(2-8)6-12/h8-10H,1-7H2,(H,16,17)(H,18,19)/p-1. The van der Waals surface area contributed by atoms with Gasteiger partial charge in [0.1, 0.15) is 0 Å². The van der Waals surface area contributed by atoms with E-state index < -0.39 is 22.2 Å². The van der Waals surface area contributed by atoms with Gasteiger partial charge >= 0.3 is 11.2 Å². The molecule has 4 saturated carbocycles. The van der Waals surface area contributed by atoms with E-state index in [-0.39, 0.29) is 12.0 Å². The molecule has 0 spiro atoms. The van der Waals surface area contributed by atoms with Gasteiger partial charge in [0.25, 0.3) is 0 Å². The summed E-state index contributed by atoms with van der Waals surface area (Å²) in [5, 5.41) is -2.15. The molecule has 0 aliphatic heterocycles. The molecule has 20 heavy (non-hydrogen) atoms. The first-order chi connectivity index (χ1) is 9.31. The lowest BCUT2D eigenvalue weighted by atomic mass is 9.49. The van der Waals surface area contributed by atoms with Gasteiger partial charge in [0, 0.05) is 17.6 Å². The SMILES string of the molecule is O=C(NCC12CC3CC(CC(C3)C1)C2)C(F)(F)S(=O)[O-]. The molecule has 1 unspecified atom stereocenters. The predicted octanol–water partition coefficient (Wildman–Crippen LogP) is 1.79. The Morgan fingerprint density at radius 3 is 2.05 bits per heavy atom. The van der Waals surface area contributed by atoms with Gasteiger partial charge in [-0.15, -0.1) is 0 Å². The van der Waals surface area contributed by atoms with Crippen LogP contribution in [0.4, 0.5) is 8.78 Å². The molecule has 4 aliphatic rings. The molecule has 1 amide bonds. The van der Waals surface area contributed by atoms with Crippen LogP contribution in [-0.4, -0.2) is 26.5 Å². The molecule has 4 aliphatic carbocycles. The van der Waals surface area contributed by atoms with Crippen molar-refractivity contribution in [3.8, 4) is 0 Å². The molecule has 7 heteroatoms. The fourth-order valence-corrected chi connectivity index (χ4v) is 5.18.